The maximum Gasteiger partial charge on any atom is 0.273 e. The fourth-order valence-corrected chi connectivity index (χ4v) is 7.09. The lowest BCUT2D eigenvalue weighted by atomic mass is 9.82. The summed E-state index contributed by atoms with van der Waals surface area (Å²) in [5, 5.41) is 18.8. The van der Waals surface area contributed by atoms with E-state index in [1.165, 1.54) is 30.5 Å². The maximum atomic E-state index is 13.3. The van der Waals surface area contributed by atoms with Crippen molar-refractivity contribution in [1.82, 2.24) is 24.6 Å². The van der Waals surface area contributed by atoms with Crippen molar-refractivity contribution in [2.45, 2.75) is 29.8 Å². The normalized spacial score (nSPS) is 29.0. The van der Waals surface area contributed by atoms with E-state index in [4.69, 9.17) is 5.26 Å². The monoisotopic (exact) mass is 398 g/mol. The van der Waals surface area contributed by atoms with E-state index in [1.54, 1.807) is 9.21 Å². The van der Waals surface area contributed by atoms with Gasteiger partial charge in [0.1, 0.15) is 5.69 Å². The number of benzene rings is 1. The van der Waals surface area contributed by atoms with Gasteiger partial charge in [0, 0.05) is 25.2 Å². The highest BCUT2D eigenvalue weighted by Gasteiger charge is 2.60. The van der Waals surface area contributed by atoms with E-state index >= 15 is 0 Å². The molecule has 0 unspecified atom stereocenters. The summed E-state index contributed by atoms with van der Waals surface area (Å²) in [6.07, 6.45) is 3.04. The molecule has 0 radical (unpaired) electrons. The van der Waals surface area contributed by atoms with Crippen LogP contribution in [0.5, 0.6) is 0 Å². The Morgan fingerprint density at radius 3 is 2.32 bits per heavy atom. The Hall–Kier alpha value is -2.77. The van der Waals surface area contributed by atoms with E-state index in [0.29, 0.717) is 24.3 Å². The van der Waals surface area contributed by atoms with Gasteiger partial charge in [0.05, 0.1) is 22.7 Å². The maximum absolute atomic E-state index is 13.3. The van der Waals surface area contributed by atoms with Gasteiger partial charge in [0.15, 0.2) is 0 Å². The van der Waals surface area contributed by atoms with Gasteiger partial charge in [-0.1, -0.05) is 5.21 Å². The van der Waals surface area contributed by atoms with Crippen LogP contribution >= 0.6 is 0 Å². The third-order valence-electron chi connectivity index (χ3n) is 6.30. The van der Waals surface area contributed by atoms with Crippen molar-refractivity contribution in [2.24, 2.45) is 11.8 Å². The Labute approximate surface area is 162 Å². The Morgan fingerprint density at radius 1 is 1.14 bits per heavy atom. The van der Waals surface area contributed by atoms with E-state index in [2.05, 4.69) is 15.4 Å². The Bertz CT molecular complexity index is 1040. The molecule has 3 fully saturated rings. The molecule has 5 rings (SSSR count). The van der Waals surface area contributed by atoms with E-state index in [0.717, 1.165) is 12.8 Å². The van der Waals surface area contributed by atoms with Crippen molar-refractivity contribution in [3.63, 3.8) is 0 Å². The molecule has 10 heteroatoms. The van der Waals surface area contributed by atoms with Crippen molar-refractivity contribution in [3.05, 3.63) is 41.7 Å². The van der Waals surface area contributed by atoms with Crippen LogP contribution in [0.1, 0.15) is 28.9 Å². The smallest absolute Gasteiger partial charge is 0.273 e. The summed E-state index contributed by atoms with van der Waals surface area (Å²) in [6.45, 7) is 1.09. The lowest BCUT2D eigenvalue weighted by molar-refractivity contribution is 0.0767. The molecule has 2 aromatic rings. The van der Waals surface area contributed by atoms with Gasteiger partial charge in [-0.2, -0.15) is 9.57 Å². The molecule has 0 saturated carbocycles. The Kier molecular flexibility index (Phi) is 3.79. The van der Waals surface area contributed by atoms with Crippen molar-refractivity contribution >= 4 is 15.9 Å². The number of rotatable bonds is 3. The van der Waals surface area contributed by atoms with E-state index in [1.807, 2.05) is 6.07 Å². The number of carbonyl (C=O) groups is 1. The predicted octanol–water partition coefficient (Wildman–Crippen LogP) is 0.600. The number of H-pyrrole nitrogens is 1. The van der Waals surface area contributed by atoms with Crippen LogP contribution in [0.3, 0.4) is 0 Å². The summed E-state index contributed by atoms with van der Waals surface area (Å²) in [5.74, 6) is 0.152. The van der Waals surface area contributed by atoms with Gasteiger partial charge in [0.25, 0.3) is 5.91 Å². The fourth-order valence-electron chi connectivity index (χ4n) is 5.13. The van der Waals surface area contributed by atoms with E-state index < -0.39 is 10.0 Å². The molecule has 1 aromatic carbocycles. The van der Waals surface area contributed by atoms with Crippen molar-refractivity contribution in [1.29, 1.82) is 5.26 Å². The van der Waals surface area contributed by atoms with E-state index in [-0.39, 0.29) is 34.7 Å². The predicted molar refractivity (Wildman–Crippen MR) is 96.3 cm³/mol. The van der Waals surface area contributed by atoms with Gasteiger partial charge >= 0.3 is 0 Å². The van der Waals surface area contributed by atoms with Crippen LogP contribution < -0.4 is 0 Å². The minimum atomic E-state index is -3.63. The van der Waals surface area contributed by atoms with Crippen LogP contribution in [0.15, 0.2) is 35.4 Å². The van der Waals surface area contributed by atoms with Crippen LogP contribution in [0.4, 0.5) is 0 Å². The third kappa shape index (κ3) is 2.40. The average molecular weight is 398 g/mol. The van der Waals surface area contributed by atoms with Crippen molar-refractivity contribution in [3.8, 4) is 6.07 Å². The molecule has 0 spiro atoms. The number of nitrogens with zero attached hydrogens (tertiary/aromatic N) is 5. The average Bonchev–Trinajstić information content (AvgIpc) is 3.48. The van der Waals surface area contributed by atoms with Gasteiger partial charge in [-0.15, -0.1) is 5.10 Å². The second kappa shape index (κ2) is 6.12. The van der Waals surface area contributed by atoms with Crippen LogP contribution in [-0.4, -0.2) is 64.1 Å². The minimum Gasteiger partial charge on any atom is -0.337 e. The first kappa shape index (κ1) is 17.3. The zero-order valence-corrected chi connectivity index (χ0v) is 15.7. The summed E-state index contributed by atoms with van der Waals surface area (Å²) < 4.78 is 28.2. The molecular weight excluding hydrogens is 380 g/mol. The number of aromatic amines is 1. The van der Waals surface area contributed by atoms with Crippen molar-refractivity contribution in [2.75, 3.05) is 13.1 Å². The summed E-state index contributed by atoms with van der Waals surface area (Å²) in [7, 11) is -3.63. The molecule has 4 atom stereocenters. The number of hydrogen-bond acceptors (Lipinski definition) is 6. The molecule has 3 saturated heterocycles. The number of hydrogen-bond donors (Lipinski definition) is 1. The molecular formula is C18H18N6O3S. The number of carbonyl (C=O) groups excluding carboxylic acids is 1. The summed E-state index contributed by atoms with van der Waals surface area (Å²) >= 11 is 0. The zero-order chi connectivity index (χ0) is 19.5. The highest BCUT2D eigenvalue weighted by molar-refractivity contribution is 7.89. The standard InChI is InChI=1S/C18H18N6O3S/c19-7-11-1-3-12(4-2-11)28(26,27)24-16-5-6-17(24)14-10-23(9-13(14)16)18(25)15-8-20-22-21-15/h1-4,8,13-14,16-17H,5-6,9-10H2,(H,20,21,22)/t13-,14+,16+,17-. The highest BCUT2D eigenvalue weighted by Crippen LogP contribution is 2.51. The van der Waals surface area contributed by atoms with E-state index in [9.17, 15) is 13.2 Å². The van der Waals surface area contributed by atoms with Crippen LogP contribution in [0, 0.1) is 23.2 Å². The number of nitriles is 1. The molecule has 2 bridgehead atoms. The van der Waals surface area contributed by atoms with Gasteiger partial charge < -0.3 is 4.90 Å². The SMILES string of the molecule is N#Cc1ccc(S(=O)(=O)N2[C@@H]3CC[C@H]2[C@@H]2CN(C(=O)c4cnn[nH]4)C[C@@H]23)cc1. The molecule has 3 aliphatic rings. The van der Waals surface area contributed by atoms with Gasteiger partial charge in [-0.3, -0.25) is 9.89 Å². The molecule has 9 nitrogen and oxygen atoms in total. The quantitative estimate of drug-likeness (QED) is 0.808. The molecule has 1 N–H and O–H groups in total. The molecule has 1 aromatic heterocycles. The first-order valence-corrected chi connectivity index (χ1v) is 10.6. The summed E-state index contributed by atoms with van der Waals surface area (Å²) in [6, 6.07) is 7.90. The number of fused-ring (bicyclic) bond motifs is 5. The van der Waals surface area contributed by atoms with Crippen LogP contribution in [0.25, 0.3) is 0 Å². The minimum absolute atomic E-state index is 0.0895. The van der Waals surface area contributed by atoms with Gasteiger partial charge in [0.2, 0.25) is 10.0 Å². The number of nitrogens with one attached hydrogen (secondary N) is 1. The molecule has 144 valence electrons. The summed E-state index contributed by atoms with van der Waals surface area (Å²) in [5.41, 5.74) is 0.789. The summed E-state index contributed by atoms with van der Waals surface area (Å²) in [4.78, 5) is 14.6. The second-order valence-electron chi connectivity index (χ2n) is 7.59. The zero-order valence-electron chi connectivity index (χ0n) is 14.9. The number of likely N-dealkylation sites (tertiary alicyclic amines) is 1. The molecule has 0 aliphatic carbocycles. The highest BCUT2D eigenvalue weighted by atomic mass is 32.2. The van der Waals surface area contributed by atoms with Gasteiger partial charge in [-0.25, -0.2) is 8.42 Å². The molecule has 3 aliphatic heterocycles. The topological polar surface area (TPSA) is 123 Å². The lowest BCUT2D eigenvalue weighted by Gasteiger charge is -2.26. The van der Waals surface area contributed by atoms with Gasteiger partial charge in [-0.05, 0) is 48.9 Å². The Morgan fingerprint density at radius 2 is 1.79 bits per heavy atom. The second-order valence-corrected chi connectivity index (χ2v) is 9.43. The largest absolute Gasteiger partial charge is 0.337 e. The van der Waals surface area contributed by atoms with Crippen molar-refractivity contribution < 1.29 is 13.2 Å². The molecule has 1 amide bonds. The first-order chi connectivity index (χ1) is 13.5. The molecule has 28 heavy (non-hydrogen) atoms. The number of amides is 1. The molecule has 4 heterocycles. The first-order valence-electron chi connectivity index (χ1n) is 9.20. The number of sulfonamides is 1. The Balaban J connectivity index is 1.39. The van der Waals surface area contributed by atoms with Crippen LogP contribution in [0.2, 0.25) is 0 Å². The van der Waals surface area contributed by atoms with Crippen LogP contribution in [-0.2, 0) is 10.0 Å². The lowest BCUT2D eigenvalue weighted by Crippen LogP contribution is -2.41. The third-order valence-corrected chi connectivity index (χ3v) is 8.27. The number of aromatic nitrogens is 3. The fraction of sp³-hybridized carbons (Fsp3) is 0.444.